The summed E-state index contributed by atoms with van der Waals surface area (Å²) < 4.78 is 0. The fraction of sp³-hybridized carbons (Fsp3) is 0.529. The standard InChI is InChI=1S/C17H18N4O2S/c22-15-9-5-6-21(7-11(9)16(23)20-15)14-13-10-3-1-2-4-12(10)24-17(13)19-8-18-14/h8-9,11H,1-7H2,(H,20,22,23). The van der Waals surface area contributed by atoms with Gasteiger partial charge >= 0.3 is 0 Å². The number of hydrogen-bond acceptors (Lipinski definition) is 6. The van der Waals surface area contributed by atoms with E-state index in [1.165, 1.54) is 28.7 Å². The molecule has 0 bridgehead atoms. The van der Waals surface area contributed by atoms with Gasteiger partial charge in [0.25, 0.3) is 0 Å². The van der Waals surface area contributed by atoms with Gasteiger partial charge in [0.05, 0.1) is 17.2 Å². The number of thiophene rings is 1. The predicted octanol–water partition coefficient (Wildman–Crippen LogP) is 1.67. The van der Waals surface area contributed by atoms with E-state index in [2.05, 4.69) is 20.2 Å². The summed E-state index contributed by atoms with van der Waals surface area (Å²) in [4.78, 5) is 37.6. The average molecular weight is 342 g/mol. The molecule has 0 saturated carbocycles. The van der Waals surface area contributed by atoms with E-state index in [1.807, 2.05) is 0 Å². The Bertz CT molecular complexity index is 862. The molecule has 0 aromatic carbocycles. The summed E-state index contributed by atoms with van der Waals surface area (Å²) in [7, 11) is 0. The first-order valence-corrected chi connectivity index (χ1v) is 9.39. The number of aryl methyl sites for hydroxylation is 2. The van der Waals surface area contributed by atoms with E-state index in [0.717, 1.165) is 30.0 Å². The highest BCUT2D eigenvalue weighted by Gasteiger charge is 2.45. The van der Waals surface area contributed by atoms with Gasteiger partial charge in [-0.1, -0.05) is 0 Å². The lowest BCUT2D eigenvalue weighted by Gasteiger charge is -2.33. The number of amides is 2. The molecule has 0 radical (unpaired) electrons. The van der Waals surface area contributed by atoms with Crippen molar-refractivity contribution in [3.8, 4) is 0 Å². The Labute approximate surface area is 143 Å². The zero-order valence-corrected chi connectivity index (χ0v) is 14.1. The molecule has 2 aromatic heterocycles. The van der Waals surface area contributed by atoms with Crippen LogP contribution in [0.4, 0.5) is 5.82 Å². The molecule has 2 aliphatic heterocycles. The molecule has 124 valence electrons. The van der Waals surface area contributed by atoms with Gasteiger partial charge < -0.3 is 4.90 Å². The summed E-state index contributed by atoms with van der Waals surface area (Å²) in [6, 6.07) is 0. The molecular formula is C17H18N4O2S. The maximum absolute atomic E-state index is 12.1. The summed E-state index contributed by atoms with van der Waals surface area (Å²) in [5, 5.41) is 3.66. The third-order valence-corrected chi connectivity index (χ3v) is 6.76. The van der Waals surface area contributed by atoms with Gasteiger partial charge in [-0.2, -0.15) is 0 Å². The van der Waals surface area contributed by atoms with Crippen molar-refractivity contribution in [2.45, 2.75) is 32.1 Å². The van der Waals surface area contributed by atoms with E-state index in [-0.39, 0.29) is 23.7 Å². The van der Waals surface area contributed by atoms with Crippen LogP contribution in [0.5, 0.6) is 0 Å². The van der Waals surface area contributed by atoms with Crippen LogP contribution in [-0.2, 0) is 22.4 Å². The number of nitrogens with one attached hydrogen (secondary N) is 1. The largest absolute Gasteiger partial charge is 0.355 e. The van der Waals surface area contributed by atoms with Crippen LogP contribution in [0.15, 0.2) is 6.33 Å². The number of anilines is 1. The number of piperidine rings is 1. The first kappa shape index (κ1) is 14.3. The van der Waals surface area contributed by atoms with Crippen LogP contribution in [0.2, 0.25) is 0 Å². The molecule has 1 N–H and O–H groups in total. The normalized spacial score (nSPS) is 26.4. The minimum absolute atomic E-state index is 0.106. The summed E-state index contributed by atoms with van der Waals surface area (Å²) in [6.07, 6.45) is 7.03. The number of imide groups is 1. The van der Waals surface area contributed by atoms with Crippen LogP contribution >= 0.6 is 11.3 Å². The van der Waals surface area contributed by atoms with Gasteiger partial charge in [0.1, 0.15) is 17.0 Å². The van der Waals surface area contributed by atoms with Crippen molar-refractivity contribution in [1.29, 1.82) is 0 Å². The molecule has 2 atom stereocenters. The third kappa shape index (κ3) is 2.00. The van der Waals surface area contributed by atoms with Crippen LogP contribution in [0, 0.1) is 11.8 Å². The highest BCUT2D eigenvalue weighted by atomic mass is 32.1. The van der Waals surface area contributed by atoms with Crippen molar-refractivity contribution in [3.05, 3.63) is 16.8 Å². The second-order valence-electron chi connectivity index (χ2n) is 6.89. The number of aromatic nitrogens is 2. The Balaban J connectivity index is 1.56. The zero-order chi connectivity index (χ0) is 16.3. The Morgan fingerprint density at radius 3 is 2.88 bits per heavy atom. The van der Waals surface area contributed by atoms with E-state index in [4.69, 9.17) is 0 Å². The number of hydrogen-bond donors (Lipinski definition) is 1. The zero-order valence-electron chi connectivity index (χ0n) is 13.2. The number of fused-ring (bicyclic) bond motifs is 4. The lowest BCUT2D eigenvalue weighted by Crippen LogP contribution is -2.42. The van der Waals surface area contributed by atoms with Gasteiger partial charge in [-0.3, -0.25) is 14.9 Å². The van der Waals surface area contributed by atoms with Crippen LogP contribution in [-0.4, -0.2) is 34.9 Å². The fourth-order valence-corrected chi connectivity index (χ4v) is 5.57. The van der Waals surface area contributed by atoms with E-state index in [1.54, 1.807) is 17.7 Å². The highest BCUT2D eigenvalue weighted by Crippen LogP contribution is 2.40. The topological polar surface area (TPSA) is 75.2 Å². The first-order chi connectivity index (χ1) is 11.7. The molecule has 6 nitrogen and oxygen atoms in total. The van der Waals surface area contributed by atoms with Crippen LogP contribution in [0.3, 0.4) is 0 Å². The van der Waals surface area contributed by atoms with Gasteiger partial charge in [-0.05, 0) is 37.7 Å². The van der Waals surface area contributed by atoms with E-state index in [0.29, 0.717) is 13.0 Å². The molecule has 1 aliphatic carbocycles. The molecule has 2 amide bonds. The predicted molar refractivity (Wildman–Crippen MR) is 91.0 cm³/mol. The molecule has 3 aliphatic rings. The number of carbonyl (C=O) groups is 2. The molecule has 5 rings (SSSR count). The van der Waals surface area contributed by atoms with Crippen molar-refractivity contribution < 1.29 is 9.59 Å². The second kappa shape index (κ2) is 5.24. The molecule has 0 spiro atoms. The van der Waals surface area contributed by atoms with Gasteiger partial charge in [-0.25, -0.2) is 9.97 Å². The average Bonchev–Trinajstić information content (AvgIpc) is 3.12. The van der Waals surface area contributed by atoms with Gasteiger partial charge in [0.2, 0.25) is 11.8 Å². The van der Waals surface area contributed by atoms with Crippen molar-refractivity contribution in [3.63, 3.8) is 0 Å². The Hall–Kier alpha value is -2.02. The number of nitrogens with zero attached hydrogens (tertiary/aromatic N) is 3. The summed E-state index contributed by atoms with van der Waals surface area (Å²) in [5.74, 6) is 0.302. The summed E-state index contributed by atoms with van der Waals surface area (Å²) >= 11 is 1.79. The minimum Gasteiger partial charge on any atom is -0.355 e. The van der Waals surface area contributed by atoms with Crippen molar-refractivity contribution >= 4 is 39.2 Å². The van der Waals surface area contributed by atoms with E-state index >= 15 is 0 Å². The number of carbonyl (C=O) groups excluding carboxylic acids is 2. The lowest BCUT2D eigenvalue weighted by atomic mass is 9.87. The molecule has 2 unspecified atom stereocenters. The third-order valence-electron chi connectivity index (χ3n) is 5.56. The molecule has 7 heteroatoms. The lowest BCUT2D eigenvalue weighted by molar-refractivity contribution is -0.126. The van der Waals surface area contributed by atoms with Gasteiger partial charge in [0, 0.05) is 18.0 Å². The molecule has 2 aromatic rings. The van der Waals surface area contributed by atoms with Crippen LogP contribution < -0.4 is 10.2 Å². The van der Waals surface area contributed by atoms with E-state index < -0.39 is 0 Å². The minimum atomic E-state index is -0.245. The monoisotopic (exact) mass is 342 g/mol. The maximum Gasteiger partial charge on any atom is 0.232 e. The Morgan fingerprint density at radius 2 is 1.96 bits per heavy atom. The van der Waals surface area contributed by atoms with Crippen LogP contribution in [0.1, 0.15) is 29.7 Å². The number of rotatable bonds is 1. The molecular weight excluding hydrogens is 324 g/mol. The fourth-order valence-electron chi connectivity index (χ4n) is 4.34. The molecule has 2 fully saturated rings. The van der Waals surface area contributed by atoms with Gasteiger partial charge in [-0.15, -0.1) is 11.3 Å². The Morgan fingerprint density at radius 1 is 1.12 bits per heavy atom. The second-order valence-corrected chi connectivity index (χ2v) is 7.97. The van der Waals surface area contributed by atoms with Gasteiger partial charge in [0.15, 0.2) is 0 Å². The molecule has 24 heavy (non-hydrogen) atoms. The maximum atomic E-state index is 12.1. The smallest absolute Gasteiger partial charge is 0.232 e. The highest BCUT2D eigenvalue weighted by molar-refractivity contribution is 7.19. The molecule has 4 heterocycles. The summed E-state index contributed by atoms with van der Waals surface area (Å²) in [5.41, 5.74) is 1.41. The molecule has 2 saturated heterocycles. The Kier molecular flexibility index (Phi) is 3.13. The van der Waals surface area contributed by atoms with Crippen molar-refractivity contribution in [2.75, 3.05) is 18.0 Å². The van der Waals surface area contributed by atoms with Crippen molar-refractivity contribution in [2.24, 2.45) is 11.8 Å². The van der Waals surface area contributed by atoms with E-state index in [9.17, 15) is 9.59 Å². The van der Waals surface area contributed by atoms with Crippen molar-refractivity contribution in [1.82, 2.24) is 15.3 Å². The first-order valence-electron chi connectivity index (χ1n) is 8.57. The quantitative estimate of drug-likeness (QED) is 0.798. The van der Waals surface area contributed by atoms with Crippen LogP contribution in [0.25, 0.3) is 10.2 Å². The summed E-state index contributed by atoms with van der Waals surface area (Å²) in [6.45, 7) is 1.33. The SMILES string of the molecule is O=C1NC(=O)C2CN(c3ncnc4sc5c(c34)CCCC5)CCC12.